The fourth-order valence-electron chi connectivity index (χ4n) is 3.70. The molecule has 0 saturated heterocycles. The first-order valence-electron chi connectivity index (χ1n) is 11.9. The van der Waals surface area contributed by atoms with Crippen molar-refractivity contribution < 1.29 is 19.0 Å². The number of rotatable bonds is 9. The van der Waals surface area contributed by atoms with Gasteiger partial charge in [0, 0.05) is 6.42 Å². The van der Waals surface area contributed by atoms with Crippen molar-refractivity contribution in [3.63, 3.8) is 0 Å². The maximum Gasteiger partial charge on any atom is 0.283 e. The Kier molecular flexibility index (Phi) is 8.24. The number of hydrazone groups is 1. The number of aliphatic imine (C=N–C) groups is 1. The molecule has 0 bridgehead atoms. The molecule has 4 rings (SSSR count). The van der Waals surface area contributed by atoms with E-state index in [4.69, 9.17) is 31.2 Å². The number of thioether (sulfide) groups is 1. The van der Waals surface area contributed by atoms with Gasteiger partial charge in [0.2, 0.25) is 5.17 Å². The highest BCUT2D eigenvalue weighted by Crippen LogP contribution is 2.38. The van der Waals surface area contributed by atoms with Crippen LogP contribution in [0.15, 0.2) is 46.0 Å². The lowest BCUT2D eigenvalue weighted by molar-refractivity contribution is -0.114. The van der Waals surface area contributed by atoms with Crippen LogP contribution in [0.1, 0.15) is 37.0 Å². The second-order valence-electron chi connectivity index (χ2n) is 9.09. The van der Waals surface area contributed by atoms with E-state index in [1.807, 2.05) is 25.1 Å². The normalized spacial score (nSPS) is 16.2. The number of amidine groups is 2. The number of carbonyl (C=O) groups is 1. The lowest BCUT2D eigenvalue weighted by Crippen LogP contribution is -2.35. The van der Waals surface area contributed by atoms with Crippen molar-refractivity contribution >= 4 is 51.4 Å². The first-order chi connectivity index (χ1) is 17.7. The van der Waals surface area contributed by atoms with Crippen molar-refractivity contribution in [2.75, 3.05) is 20.3 Å². The predicted molar refractivity (Wildman–Crippen MR) is 149 cm³/mol. The van der Waals surface area contributed by atoms with Crippen LogP contribution in [-0.4, -0.2) is 47.3 Å². The Balaban J connectivity index is 1.47. The number of methoxy groups -OCH3 is 1. The molecule has 0 saturated carbocycles. The van der Waals surface area contributed by atoms with Gasteiger partial charge < -0.3 is 14.2 Å². The number of halogens is 1. The van der Waals surface area contributed by atoms with Crippen LogP contribution in [0.3, 0.4) is 0 Å². The summed E-state index contributed by atoms with van der Waals surface area (Å²) in [6.45, 7) is 8.85. The SMILES string of the molecule is COc1cc(/C=C2/C(=N)N3N=C(CC(C)C)SC3=NC2=O)cc(Cl)c1OCCOc1ccc(C)c(C)c1. The molecule has 0 unspecified atom stereocenters. The van der Waals surface area contributed by atoms with Crippen LogP contribution in [0.25, 0.3) is 6.08 Å². The van der Waals surface area contributed by atoms with Crippen LogP contribution in [0.5, 0.6) is 17.2 Å². The van der Waals surface area contributed by atoms with Crippen LogP contribution in [0.2, 0.25) is 5.02 Å². The summed E-state index contributed by atoms with van der Waals surface area (Å²) in [4.78, 5) is 16.9. The van der Waals surface area contributed by atoms with Crippen LogP contribution in [0, 0.1) is 25.2 Å². The molecule has 0 fully saturated rings. The third kappa shape index (κ3) is 6.17. The fraction of sp³-hybridized carbons (Fsp3) is 0.333. The van der Waals surface area contributed by atoms with E-state index >= 15 is 0 Å². The number of hydrogen-bond acceptors (Lipinski definition) is 7. The lowest BCUT2D eigenvalue weighted by Gasteiger charge is -2.20. The van der Waals surface area contributed by atoms with E-state index in [1.54, 1.807) is 18.2 Å². The van der Waals surface area contributed by atoms with E-state index in [2.05, 4.69) is 30.9 Å². The molecule has 10 heteroatoms. The van der Waals surface area contributed by atoms with Gasteiger partial charge in [-0.2, -0.15) is 15.1 Å². The minimum absolute atomic E-state index is 0.0276. The number of aryl methyl sites for hydroxylation is 2. The molecule has 0 aliphatic carbocycles. The zero-order chi connectivity index (χ0) is 26.7. The molecule has 1 N–H and O–H groups in total. The van der Waals surface area contributed by atoms with Crippen molar-refractivity contribution in [1.29, 1.82) is 5.41 Å². The Morgan fingerprint density at radius 1 is 1.14 bits per heavy atom. The zero-order valence-electron chi connectivity index (χ0n) is 21.4. The van der Waals surface area contributed by atoms with Crippen molar-refractivity contribution in [2.24, 2.45) is 16.0 Å². The third-order valence-corrected chi connectivity index (χ3v) is 6.93. The van der Waals surface area contributed by atoms with Crippen molar-refractivity contribution in [1.82, 2.24) is 5.01 Å². The molecule has 2 aromatic carbocycles. The van der Waals surface area contributed by atoms with E-state index in [0.717, 1.165) is 22.8 Å². The molecular formula is C27H29ClN4O4S. The topological polar surface area (TPSA) is 96.6 Å². The Bertz CT molecular complexity index is 1340. The number of carbonyl (C=O) groups excluding carboxylic acids is 1. The van der Waals surface area contributed by atoms with Crippen LogP contribution >= 0.6 is 23.4 Å². The van der Waals surface area contributed by atoms with Crippen molar-refractivity contribution in [3.05, 3.63) is 57.6 Å². The summed E-state index contributed by atoms with van der Waals surface area (Å²) in [5.41, 5.74) is 3.05. The highest BCUT2D eigenvalue weighted by molar-refractivity contribution is 8.26. The summed E-state index contributed by atoms with van der Waals surface area (Å²) in [7, 11) is 1.51. The van der Waals surface area contributed by atoms with Gasteiger partial charge in [0.1, 0.15) is 24.0 Å². The monoisotopic (exact) mass is 540 g/mol. The molecule has 2 aliphatic rings. The Morgan fingerprint density at radius 2 is 1.89 bits per heavy atom. The maximum atomic E-state index is 12.7. The number of fused-ring (bicyclic) bond motifs is 1. The average Bonchev–Trinajstić information content (AvgIpc) is 3.23. The van der Waals surface area contributed by atoms with Gasteiger partial charge in [-0.1, -0.05) is 31.5 Å². The number of nitrogens with zero attached hydrogens (tertiary/aromatic N) is 3. The molecule has 37 heavy (non-hydrogen) atoms. The predicted octanol–water partition coefficient (Wildman–Crippen LogP) is 6.09. The second kappa shape index (κ2) is 11.4. The first-order valence-corrected chi connectivity index (χ1v) is 13.0. The van der Waals surface area contributed by atoms with Crippen LogP contribution < -0.4 is 14.2 Å². The number of nitrogens with one attached hydrogen (secondary N) is 1. The summed E-state index contributed by atoms with van der Waals surface area (Å²) in [5.74, 6) is 1.43. The minimum Gasteiger partial charge on any atom is -0.493 e. The van der Waals surface area contributed by atoms with Gasteiger partial charge >= 0.3 is 0 Å². The van der Waals surface area contributed by atoms with Gasteiger partial charge in [0.25, 0.3) is 5.91 Å². The molecule has 0 spiro atoms. The van der Waals surface area contributed by atoms with E-state index in [1.165, 1.54) is 29.4 Å². The molecule has 1 amide bonds. The third-order valence-electron chi connectivity index (χ3n) is 5.72. The second-order valence-corrected chi connectivity index (χ2v) is 10.5. The highest BCUT2D eigenvalue weighted by Gasteiger charge is 2.35. The summed E-state index contributed by atoms with van der Waals surface area (Å²) in [6.07, 6.45) is 2.32. The van der Waals surface area contributed by atoms with E-state index in [0.29, 0.717) is 39.8 Å². The van der Waals surface area contributed by atoms with Gasteiger partial charge in [0.05, 0.1) is 17.7 Å². The molecule has 0 radical (unpaired) electrons. The van der Waals surface area contributed by atoms with Gasteiger partial charge in [-0.25, -0.2) is 0 Å². The van der Waals surface area contributed by atoms with Gasteiger partial charge in [-0.15, -0.1) is 0 Å². The van der Waals surface area contributed by atoms with Gasteiger partial charge in [0.15, 0.2) is 17.3 Å². The van der Waals surface area contributed by atoms with E-state index in [-0.39, 0.29) is 18.0 Å². The first kappa shape index (κ1) is 26.8. The van der Waals surface area contributed by atoms with Crippen molar-refractivity contribution in [2.45, 2.75) is 34.1 Å². The minimum atomic E-state index is -0.497. The molecule has 194 valence electrons. The lowest BCUT2D eigenvalue weighted by atomic mass is 10.1. The smallest absolute Gasteiger partial charge is 0.283 e. The number of benzene rings is 2. The summed E-state index contributed by atoms with van der Waals surface area (Å²) in [6, 6.07) is 9.28. The van der Waals surface area contributed by atoms with Gasteiger partial charge in [-0.3, -0.25) is 10.2 Å². The van der Waals surface area contributed by atoms with E-state index in [9.17, 15) is 4.79 Å². The molecule has 2 aliphatic heterocycles. The Morgan fingerprint density at radius 3 is 2.59 bits per heavy atom. The number of ether oxygens (including phenoxy) is 3. The highest BCUT2D eigenvalue weighted by atomic mass is 35.5. The zero-order valence-corrected chi connectivity index (χ0v) is 23.0. The molecule has 2 heterocycles. The molecule has 0 aromatic heterocycles. The van der Waals surface area contributed by atoms with Crippen LogP contribution in [0.4, 0.5) is 0 Å². The van der Waals surface area contributed by atoms with E-state index < -0.39 is 5.91 Å². The van der Waals surface area contributed by atoms with Crippen molar-refractivity contribution in [3.8, 4) is 17.2 Å². The maximum absolute atomic E-state index is 12.7. The summed E-state index contributed by atoms with van der Waals surface area (Å²) in [5, 5.41) is 16.0. The average molecular weight is 541 g/mol. The standard InChI is InChI=1S/C27H29ClN4O4S/c1-15(2)10-23-31-32-25(29)20(26(33)30-27(32)37-23)12-18-13-21(28)24(22(14-18)34-5)36-9-8-35-19-7-6-16(3)17(4)11-19/h6-7,11-15,29H,8-10H2,1-5H3/b20-12-,29-25?. The van der Waals surface area contributed by atoms with Crippen LogP contribution in [-0.2, 0) is 4.79 Å². The van der Waals surface area contributed by atoms with Gasteiger partial charge in [-0.05, 0) is 78.6 Å². The fourth-order valence-corrected chi connectivity index (χ4v) is 5.07. The molecule has 0 atom stereocenters. The largest absolute Gasteiger partial charge is 0.493 e. The summed E-state index contributed by atoms with van der Waals surface area (Å²) < 4.78 is 17.1. The molecule has 8 nitrogen and oxygen atoms in total. The number of hydrogen-bond donors (Lipinski definition) is 1. The number of amides is 1. The molecular weight excluding hydrogens is 512 g/mol. The summed E-state index contributed by atoms with van der Waals surface area (Å²) >= 11 is 7.85. The quantitative estimate of drug-likeness (QED) is 0.305. The Hall–Kier alpha value is -3.30. The Labute approximate surface area is 225 Å². The molecule has 2 aromatic rings.